The van der Waals surface area contributed by atoms with Gasteiger partial charge in [-0.15, -0.1) is 0 Å². The van der Waals surface area contributed by atoms with Crippen LogP contribution >= 0.6 is 0 Å². The van der Waals surface area contributed by atoms with Crippen molar-refractivity contribution in [3.05, 3.63) is 0 Å². The SMILES string of the molecule is C1CCCCCCOCCCCC1. The minimum Gasteiger partial charge on any atom is -0.381 e. The zero-order chi connectivity index (χ0) is 9.19. The summed E-state index contributed by atoms with van der Waals surface area (Å²) in [5.41, 5.74) is 0. The van der Waals surface area contributed by atoms with Gasteiger partial charge in [0.1, 0.15) is 0 Å². The molecular formula is C12H24O. The second-order valence-corrected chi connectivity index (χ2v) is 4.15. The van der Waals surface area contributed by atoms with Crippen molar-refractivity contribution in [3.8, 4) is 0 Å². The van der Waals surface area contributed by atoms with E-state index in [0.717, 1.165) is 13.2 Å². The molecule has 0 aromatic rings. The predicted octanol–water partition coefficient (Wildman–Crippen LogP) is 3.92. The molecule has 13 heavy (non-hydrogen) atoms. The lowest BCUT2D eigenvalue weighted by Gasteiger charge is -2.02. The van der Waals surface area contributed by atoms with E-state index in [0.29, 0.717) is 0 Å². The monoisotopic (exact) mass is 184 g/mol. The van der Waals surface area contributed by atoms with Gasteiger partial charge < -0.3 is 4.74 Å². The average Bonchev–Trinajstić information content (AvgIpc) is 2.18. The molecule has 1 aliphatic heterocycles. The molecule has 1 aliphatic rings. The summed E-state index contributed by atoms with van der Waals surface area (Å²) in [6.07, 6.45) is 14.0. The van der Waals surface area contributed by atoms with Gasteiger partial charge in [0.2, 0.25) is 0 Å². The van der Waals surface area contributed by atoms with Crippen LogP contribution in [0.15, 0.2) is 0 Å². The van der Waals surface area contributed by atoms with Crippen LogP contribution in [0.4, 0.5) is 0 Å². The molecule has 0 bridgehead atoms. The van der Waals surface area contributed by atoms with Crippen LogP contribution in [0.3, 0.4) is 0 Å². The van der Waals surface area contributed by atoms with Crippen molar-refractivity contribution >= 4 is 0 Å². The van der Waals surface area contributed by atoms with Crippen molar-refractivity contribution < 1.29 is 4.74 Å². The van der Waals surface area contributed by atoms with Crippen molar-refractivity contribution in [2.45, 2.75) is 64.2 Å². The van der Waals surface area contributed by atoms with E-state index < -0.39 is 0 Å². The lowest BCUT2D eigenvalue weighted by molar-refractivity contribution is 0.126. The second kappa shape index (κ2) is 8.55. The van der Waals surface area contributed by atoms with Gasteiger partial charge in [-0.2, -0.15) is 0 Å². The van der Waals surface area contributed by atoms with Crippen molar-refractivity contribution in [2.75, 3.05) is 13.2 Å². The summed E-state index contributed by atoms with van der Waals surface area (Å²) < 4.78 is 5.55. The maximum absolute atomic E-state index is 5.55. The van der Waals surface area contributed by atoms with Crippen molar-refractivity contribution in [3.63, 3.8) is 0 Å². The van der Waals surface area contributed by atoms with E-state index in [2.05, 4.69) is 0 Å². The number of rotatable bonds is 0. The lowest BCUT2D eigenvalue weighted by Crippen LogP contribution is -1.96. The van der Waals surface area contributed by atoms with Gasteiger partial charge in [0.25, 0.3) is 0 Å². The van der Waals surface area contributed by atoms with Gasteiger partial charge >= 0.3 is 0 Å². The molecule has 0 aliphatic carbocycles. The second-order valence-electron chi connectivity index (χ2n) is 4.15. The third kappa shape index (κ3) is 7.06. The summed E-state index contributed by atoms with van der Waals surface area (Å²) >= 11 is 0. The molecule has 78 valence electrons. The smallest absolute Gasteiger partial charge is 0.0466 e. The van der Waals surface area contributed by atoms with Crippen LogP contribution in [0.2, 0.25) is 0 Å². The fraction of sp³-hybridized carbons (Fsp3) is 1.00. The Hall–Kier alpha value is -0.0400. The molecule has 1 rings (SSSR count). The van der Waals surface area contributed by atoms with Gasteiger partial charge in [-0.25, -0.2) is 0 Å². The third-order valence-electron chi connectivity index (χ3n) is 2.83. The van der Waals surface area contributed by atoms with Crippen LogP contribution in [0.25, 0.3) is 0 Å². The first-order valence-electron chi connectivity index (χ1n) is 6.08. The largest absolute Gasteiger partial charge is 0.381 e. The van der Waals surface area contributed by atoms with Gasteiger partial charge in [-0.3, -0.25) is 0 Å². The van der Waals surface area contributed by atoms with Crippen LogP contribution in [-0.2, 0) is 4.74 Å². The highest BCUT2D eigenvalue weighted by Crippen LogP contribution is 2.11. The third-order valence-corrected chi connectivity index (χ3v) is 2.83. The van der Waals surface area contributed by atoms with E-state index in [-0.39, 0.29) is 0 Å². The molecule has 0 unspecified atom stereocenters. The molecule has 0 aromatic carbocycles. The maximum Gasteiger partial charge on any atom is 0.0466 e. The van der Waals surface area contributed by atoms with E-state index in [1.165, 1.54) is 64.2 Å². The Kier molecular flexibility index (Phi) is 7.26. The highest BCUT2D eigenvalue weighted by molar-refractivity contribution is 4.49. The Morgan fingerprint density at radius 1 is 0.385 bits per heavy atom. The first-order chi connectivity index (χ1) is 6.50. The first-order valence-corrected chi connectivity index (χ1v) is 6.08. The Bertz CT molecular complexity index is 53.2. The van der Waals surface area contributed by atoms with Gasteiger partial charge in [0.05, 0.1) is 0 Å². The molecule has 1 fully saturated rings. The molecule has 1 saturated heterocycles. The van der Waals surface area contributed by atoms with Crippen LogP contribution in [0, 0.1) is 0 Å². The van der Waals surface area contributed by atoms with Crippen LogP contribution in [0.1, 0.15) is 64.2 Å². The Morgan fingerprint density at radius 3 is 1.08 bits per heavy atom. The van der Waals surface area contributed by atoms with Gasteiger partial charge in [-0.1, -0.05) is 51.4 Å². The first kappa shape index (κ1) is 11.0. The number of hydrogen-bond acceptors (Lipinski definition) is 1. The minimum atomic E-state index is 1.00. The number of hydrogen-bond donors (Lipinski definition) is 0. The predicted molar refractivity (Wildman–Crippen MR) is 57.0 cm³/mol. The summed E-state index contributed by atoms with van der Waals surface area (Å²) in [5, 5.41) is 0. The van der Waals surface area contributed by atoms with E-state index in [9.17, 15) is 0 Å². The molecule has 1 heterocycles. The number of ether oxygens (including phenoxy) is 1. The van der Waals surface area contributed by atoms with Gasteiger partial charge in [-0.05, 0) is 12.8 Å². The molecule has 0 radical (unpaired) electrons. The average molecular weight is 184 g/mol. The minimum absolute atomic E-state index is 1.00. The highest BCUT2D eigenvalue weighted by Gasteiger charge is 1.95. The molecule has 0 saturated carbocycles. The Balaban J connectivity index is 2.01. The van der Waals surface area contributed by atoms with Crippen LogP contribution in [-0.4, -0.2) is 13.2 Å². The van der Waals surface area contributed by atoms with E-state index in [1.54, 1.807) is 0 Å². The van der Waals surface area contributed by atoms with E-state index >= 15 is 0 Å². The van der Waals surface area contributed by atoms with Crippen molar-refractivity contribution in [1.82, 2.24) is 0 Å². The van der Waals surface area contributed by atoms with Crippen LogP contribution < -0.4 is 0 Å². The normalized spacial score (nSPS) is 24.0. The summed E-state index contributed by atoms with van der Waals surface area (Å²) in [4.78, 5) is 0. The summed E-state index contributed by atoms with van der Waals surface area (Å²) in [6.45, 7) is 2.00. The molecule has 0 aromatic heterocycles. The molecule has 0 N–H and O–H groups in total. The molecule has 0 amide bonds. The van der Waals surface area contributed by atoms with Crippen molar-refractivity contribution in [2.24, 2.45) is 0 Å². The molecular weight excluding hydrogens is 160 g/mol. The van der Waals surface area contributed by atoms with Gasteiger partial charge in [0.15, 0.2) is 0 Å². The standard InChI is InChI=1S/C12H24O/c1-2-4-6-8-10-12-13-11-9-7-5-3-1/h1-12H2. The summed E-state index contributed by atoms with van der Waals surface area (Å²) in [5.74, 6) is 0. The molecule has 0 atom stereocenters. The zero-order valence-electron chi connectivity index (χ0n) is 8.89. The van der Waals surface area contributed by atoms with E-state index in [1.807, 2.05) is 0 Å². The molecule has 1 nitrogen and oxygen atoms in total. The zero-order valence-corrected chi connectivity index (χ0v) is 8.89. The van der Waals surface area contributed by atoms with Crippen LogP contribution in [0.5, 0.6) is 0 Å². The summed E-state index contributed by atoms with van der Waals surface area (Å²) in [6, 6.07) is 0. The fourth-order valence-corrected chi connectivity index (χ4v) is 1.92. The van der Waals surface area contributed by atoms with Crippen molar-refractivity contribution in [1.29, 1.82) is 0 Å². The lowest BCUT2D eigenvalue weighted by atomic mass is 10.1. The summed E-state index contributed by atoms with van der Waals surface area (Å²) in [7, 11) is 0. The topological polar surface area (TPSA) is 9.23 Å². The van der Waals surface area contributed by atoms with Gasteiger partial charge in [0, 0.05) is 13.2 Å². The molecule has 0 spiro atoms. The Morgan fingerprint density at radius 2 is 0.692 bits per heavy atom. The fourth-order valence-electron chi connectivity index (χ4n) is 1.92. The molecule has 1 heteroatoms. The maximum atomic E-state index is 5.55. The Labute approximate surface area is 82.9 Å². The van der Waals surface area contributed by atoms with E-state index in [4.69, 9.17) is 4.74 Å². The highest BCUT2D eigenvalue weighted by atomic mass is 16.5. The quantitative estimate of drug-likeness (QED) is 0.554.